The first kappa shape index (κ1) is 17.4. The van der Waals surface area contributed by atoms with Crippen LogP contribution in [-0.4, -0.2) is 48.1 Å². The molecule has 0 radical (unpaired) electrons. The minimum atomic E-state index is -0.839. The van der Waals surface area contributed by atoms with Crippen LogP contribution >= 0.6 is 11.6 Å². The van der Waals surface area contributed by atoms with Crippen LogP contribution < -0.4 is 4.90 Å². The van der Waals surface area contributed by atoms with Crippen LogP contribution in [0.3, 0.4) is 0 Å². The zero-order chi connectivity index (χ0) is 18.4. The Balaban J connectivity index is 1.45. The van der Waals surface area contributed by atoms with Crippen LogP contribution in [0.15, 0.2) is 30.4 Å². The van der Waals surface area contributed by atoms with Crippen LogP contribution in [0, 0.1) is 30.6 Å². The topological polar surface area (TPSA) is 60.9 Å². The summed E-state index contributed by atoms with van der Waals surface area (Å²) in [6.07, 6.45) is 4.82. The Morgan fingerprint density at radius 3 is 2.38 bits per heavy atom. The number of benzene rings is 1. The highest BCUT2D eigenvalue weighted by atomic mass is 35.5. The van der Waals surface area contributed by atoms with Crippen molar-refractivity contribution in [2.75, 3.05) is 31.1 Å². The molecule has 1 aromatic rings. The zero-order valence-electron chi connectivity index (χ0n) is 14.8. The van der Waals surface area contributed by atoms with Crippen molar-refractivity contribution < 1.29 is 14.7 Å². The van der Waals surface area contributed by atoms with Gasteiger partial charge in [-0.05, 0) is 42.9 Å². The van der Waals surface area contributed by atoms with Crippen molar-refractivity contribution in [1.29, 1.82) is 0 Å². The Morgan fingerprint density at radius 1 is 1.08 bits per heavy atom. The Bertz CT molecular complexity index is 770. The SMILES string of the molecule is Cc1ccc(Cl)cc1N1CCN(C(=O)[C@H]2[C@H](C(=O)O)[C@H]3C=C[C@H]2C3)CC1. The van der Waals surface area contributed by atoms with Gasteiger partial charge in [0.15, 0.2) is 0 Å². The molecule has 1 saturated carbocycles. The number of nitrogens with zero attached hydrogens (tertiary/aromatic N) is 2. The number of carbonyl (C=O) groups is 2. The molecule has 0 spiro atoms. The fourth-order valence-corrected chi connectivity index (χ4v) is 4.96. The van der Waals surface area contributed by atoms with Crippen LogP contribution in [-0.2, 0) is 9.59 Å². The van der Waals surface area contributed by atoms with E-state index in [0.29, 0.717) is 18.1 Å². The lowest BCUT2D eigenvalue weighted by Gasteiger charge is -2.39. The third-order valence-corrected chi connectivity index (χ3v) is 6.37. The van der Waals surface area contributed by atoms with E-state index in [1.54, 1.807) is 0 Å². The minimum Gasteiger partial charge on any atom is -0.481 e. The molecule has 6 heteroatoms. The molecule has 5 nitrogen and oxygen atoms in total. The fraction of sp³-hybridized carbons (Fsp3) is 0.500. The van der Waals surface area contributed by atoms with Gasteiger partial charge < -0.3 is 14.9 Å². The number of hydrogen-bond acceptors (Lipinski definition) is 3. The number of halogens is 1. The summed E-state index contributed by atoms with van der Waals surface area (Å²) >= 11 is 6.13. The molecular formula is C20H23ClN2O3. The van der Waals surface area contributed by atoms with Gasteiger partial charge in [0.1, 0.15) is 0 Å². The molecular weight excluding hydrogens is 352 g/mol. The number of rotatable bonds is 3. The molecule has 4 atom stereocenters. The predicted octanol–water partition coefficient (Wildman–Crippen LogP) is 2.82. The largest absolute Gasteiger partial charge is 0.481 e. The van der Waals surface area contributed by atoms with E-state index in [1.807, 2.05) is 35.3 Å². The lowest BCUT2D eigenvalue weighted by molar-refractivity contribution is -0.151. The van der Waals surface area contributed by atoms with Crippen molar-refractivity contribution in [3.05, 3.63) is 40.9 Å². The van der Waals surface area contributed by atoms with Gasteiger partial charge >= 0.3 is 5.97 Å². The lowest BCUT2D eigenvalue weighted by atomic mass is 9.82. The van der Waals surface area contributed by atoms with Crippen LogP contribution in [0.4, 0.5) is 5.69 Å². The number of anilines is 1. The second-order valence-corrected chi connectivity index (χ2v) is 8.02. The number of hydrogen-bond donors (Lipinski definition) is 1. The number of fused-ring (bicyclic) bond motifs is 2. The number of aliphatic carboxylic acids is 1. The van der Waals surface area contributed by atoms with E-state index in [9.17, 15) is 14.7 Å². The maximum absolute atomic E-state index is 13.1. The Hall–Kier alpha value is -2.01. The van der Waals surface area contributed by atoms with Crippen molar-refractivity contribution in [2.45, 2.75) is 13.3 Å². The molecule has 1 saturated heterocycles. The Morgan fingerprint density at radius 2 is 1.73 bits per heavy atom. The highest BCUT2D eigenvalue weighted by Gasteiger charge is 2.52. The molecule has 0 unspecified atom stereocenters. The summed E-state index contributed by atoms with van der Waals surface area (Å²) in [5.74, 6) is -1.69. The number of piperazine rings is 1. The summed E-state index contributed by atoms with van der Waals surface area (Å²) in [5, 5.41) is 10.3. The van der Waals surface area contributed by atoms with E-state index in [1.165, 1.54) is 5.56 Å². The molecule has 26 heavy (non-hydrogen) atoms. The van der Waals surface area contributed by atoms with Crippen LogP contribution in [0.5, 0.6) is 0 Å². The summed E-state index contributed by atoms with van der Waals surface area (Å²) < 4.78 is 0. The van der Waals surface area contributed by atoms with Gasteiger partial charge in [-0.25, -0.2) is 0 Å². The molecule has 1 heterocycles. The summed E-state index contributed by atoms with van der Waals surface area (Å²) in [6, 6.07) is 5.86. The molecule has 2 bridgehead atoms. The van der Waals surface area contributed by atoms with Gasteiger partial charge in [0.25, 0.3) is 0 Å². The quantitative estimate of drug-likeness (QED) is 0.826. The Labute approximate surface area is 158 Å². The maximum Gasteiger partial charge on any atom is 0.307 e. The number of carbonyl (C=O) groups excluding carboxylic acids is 1. The van der Waals surface area contributed by atoms with Gasteiger partial charge in [0, 0.05) is 36.9 Å². The minimum absolute atomic E-state index is 0.0108. The molecule has 1 amide bonds. The monoisotopic (exact) mass is 374 g/mol. The summed E-state index contributed by atoms with van der Waals surface area (Å²) in [6.45, 7) is 4.77. The van der Waals surface area contributed by atoms with Gasteiger partial charge in [-0.3, -0.25) is 9.59 Å². The number of carboxylic acid groups (broad SMARTS) is 1. The second-order valence-electron chi connectivity index (χ2n) is 7.58. The van der Waals surface area contributed by atoms with Crippen molar-refractivity contribution in [3.63, 3.8) is 0 Å². The first-order valence-electron chi connectivity index (χ1n) is 9.16. The van der Waals surface area contributed by atoms with E-state index in [2.05, 4.69) is 11.8 Å². The molecule has 1 aromatic carbocycles. The van der Waals surface area contributed by atoms with Crippen molar-refractivity contribution >= 4 is 29.2 Å². The van der Waals surface area contributed by atoms with Crippen molar-refractivity contribution in [2.24, 2.45) is 23.7 Å². The maximum atomic E-state index is 13.1. The predicted molar refractivity (Wildman–Crippen MR) is 100 cm³/mol. The van der Waals surface area contributed by atoms with E-state index in [4.69, 9.17) is 11.6 Å². The van der Waals surface area contributed by atoms with Gasteiger partial charge in [-0.2, -0.15) is 0 Å². The van der Waals surface area contributed by atoms with Gasteiger partial charge in [-0.1, -0.05) is 29.8 Å². The number of amides is 1. The highest BCUT2D eigenvalue weighted by Crippen LogP contribution is 2.48. The van der Waals surface area contributed by atoms with Gasteiger partial charge in [-0.15, -0.1) is 0 Å². The molecule has 3 aliphatic rings. The van der Waals surface area contributed by atoms with Crippen LogP contribution in [0.2, 0.25) is 5.02 Å². The van der Waals surface area contributed by atoms with E-state index in [-0.39, 0.29) is 17.7 Å². The van der Waals surface area contributed by atoms with Crippen molar-refractivity contribution in [1.82, 2.24) is 4.90 Å². The summed E-state index contributed by atoms with van der Waals surface area (Å²) in [4.78, 5) is 28.8. The number of allylic oxidation sites excluding steroid dienone is 2. The lowest BCUT2D eigenvalue weighted by Crippen LogP contribution is -2.52. The molecule has 4 rings (SSSR count). The Kier molecular flexibility index (Phi) is 4.43. The number of carboxylic acids is 1. The summed E-state index contributed by atoms with van der Waals surface area (Å²) in [5.41, 5.74) is 2.27. The molecule has 2 aliphatic carbocycles. The average Bonchev–Trinajstić information content (AvgIpc) is 3.24. The van der Waals surface area contributed by atoms with E-state index in [0.717, 1.165) is 25.2 Å². The molecule has 0 aromatic heterocycles. The second kappa shape index (κ2) is 6.62. The van der Waals surface area contributed by atoms with E-state index >= 15 is 0 Å². The molecule has 1 aliphatic heterocycles. The first-order chi connectivity index (χ1) is 12.5. The zero-order valence-corrected chi connectivity index (χ0v) is 15.5. The fourth-order valence-electron chi connectivity index (χ4n) is 4.80. The molecule has 138 valence electrons. The molecule has 1 N–H and O–H groups in total. The third kappa shape index (κ3) is 2.88. The van der Waals surface area contributed by atoms with Crippen LogP contribution in [0.1, 0.15) is 12.0 Å². The van der Waals surface area contributed by atoms with Crippen molar-refractivity contribution in [3.8, 4) is 0 Å². The third-order valence-electron chi connectivity index (χ3n) is 6.13. The molecule has 2 fully saturated rings. The van der Waals surface area contributed by atoms with Crippen LogP contribution in [0.25, 0.3) is 0 Å². The van der Waals surface area contributed by atoms with Gasteiger partial charge in [0.05, 0.1) is 11.8 Å². The highest BCUT2D eigenvalue weighted by molar-refractivity contribution is 6.30. The van der Waals surface area contributed by atoms with Gasteiger partial charge in [0.2, 0.25) is 5.91 Å². The first-order valence-corrected chi connectivity index (χ1v) is 9.54. The smallest absolute Gasteiger partial charge is 0.307 e. The normalized spacial score (nSPS) is 30.1. The number of aryl methyl sites for hydroxylation is 1. The summed E-state index contributed by atoms with van der Waals surface area (Å²) in [7, 11) is 0. The van der Waals surface area contributed by atoms with E-state index < -0.39 is 17.8 Å². The standard InChI is InChI=1S/C20H23ClN2O3/c1-12-2-5-15(21)11-16(12)22-6-8-23(9-7-22)19(24)17-13-3-4-14(10-13)18(17)20(25)26/h2-5,11,13-14,17-18H,6-10H2,1H3,(H,25,26)/t13-,14-,17+,18+/m0/s1. The average molecular weight is 375 g/mol.